The van der Waals surface area contributed by atoms with Crippen LogP contribution < -0.4 is 0 Å². The molecule has 0 radical (unpaired) electrons. The second-order valence-corrected chi connectivity index (χ2v) is 2.49. The minimum absolute atomic E-state index is 0.0694. The van der Waals surface area contributed by atoms with Crippen molar-refractivity contribution in [3.8, 4) is 0 Å². The van der Waals surface area contributed by atoms with Crippen LogP contribution in [-0.4, -0.2) is 36.2 Å². The van der Waals surface area contributed by atoms with E-state index >= 15 is 0 Å². The summed E-state index contributed by atoms with van der Waals surface area (Å²) in [4.78, 5) is 9.96. The summed E-state index contributed by atoms with van der Waals surface area (Å²) in [5.74, 6) is -0.815. The van der Waals surface area contributed by atoms with E-state index in [9.17, 15) is 4.79 Å². The quantitative estimate of drug-likeness (QED) is 0.406. The Labute approximate surface area is 49.1 Å². The molecule has 0 rings (SSSR count). The standard InChI is InChI=1S/C5H11NO2/c1-6(2,3)4-5(7)8/h1,4H2,2-3H3,(H,7,8). The van der Waals surface area contributed by atoms with E-state index in [4.69, 9.17) is 5.11 Å². The molecule has 0 unspecified atom stereocenters. The first-order valence-corrected chi connectivity index (χ1v) is 2.31. The highest BCUT2D eigenvalue weighted by Crippen LogP contribution is 1.89. The zero-order chi connectivity index (χ0) is 6.78. The molecule has 1 N–H and O–H groups in total. The predicted molar refractivity (Wildman–Crippen MR) is 30.0 cm³/mol. The molecule has 3 heteroatoms. The van der Waals surface area contributed by atoms with Crippen LogP contribution in [0.25, 0.3) is 0 Å². The molecular weight excluding hydrogens is 106 g/mol. The molecule has 0 aromatic carbocycles. The SMILES string of the molecule is [CH2-][N+](C)(C)CC(=O)O. The number of carbonyl (C=O) groups is 1. The third-order valence-corrected chi connectivity index (χ3v) is 0.563. The molecule has 8 heavy (non-hydrogen) atoms. The Balaban J connectivity index is 3.55. The third kappa shape index (κ3) is 5.43. The van der Waals surface area contributed by atoms with Crippen molar-refractivity contribution >= 4 is 5.97 Å². The number of quaternary nitrogens is 1. The molecule has 0 spiro atoms. The van der Waals surface area contributed by atoms with Gasteiger partial charge in [0.2, 0.25) is 0 Å². The molecule has 0 amide bonds. The average molecular weight is 117 g/mol. The number of rotatable bonds is 2. The number of carboxylic acids is 1. The smallest absolute Gasteiger partial charge is 0.356 e. The second-order valence-electron chi connectivity index (χ2n) is 2.49. The van der Waals surface area contributed by atoms with E-state index in [1.54, 1.807) is 14.1 Å². The van der Waals surface area contributed by atoms with Crippen LogP contribution in [0, 0.1) is 7.05 Å². The molecule has 0 aliphatic rings. The van der Waals surface area contributed by atoms with Gasteiger partial charge in [-0.1, -0.05) is 0 Å². The molecule has 0 bridgehead atoms. The monoisotopic (exact) mass is 117 g/mol. The first kappa shape index (κ1) is 7.43. The van der Waals surface area contributed by atoms with Gasteiger partial charge in [-0.2, -0.15) is 0 Å². The Morgan fingerprint density at radius 3 is 2.12 bits per heavy atom. The van der Waals surface area contributed by atoms with Gasteiger partial charge in [-0.15, -0.1) is 7.05 Å². The molecule has 0 aromatic heterocycles. The van der Waals surface area contributed by atoms with E-state index in [0.29, 0.717) is 0 Å². The first-order valence-electron chi connectivity index (χ1n) is 2.31. The molecule has 0 aliphatic carbocycles. The number of carboxylic acid groups (broad SMARTS) is 1. The molecule has 0 fully saturated rings. The number of nitrogens with zero attached hydrogens (tertiary/aromatic N) is 1. The Hall–Kier alpha value is -0.570. The second kappa shape index (κ2) is 2.13. The minimum atomic E-state index is -0.815. The van der Waals surface area contributed by atoms with E-state index in [1.165, 1.54) is 0 Å². The summed E-state index contributed by atoms with van der Waals surface area (Å²) >= 11 is 0. The Kier molecular flexibility index (Phi) is 1.98. The van der Waals surface area contributed by atoms with Crippen molar-refractivity contribution in [1.82, 2.24) is 0 Å². The summed E-state index contributed by atoms with van der Waals surface area (Å²) in [5, 5.41) is 8.19. The summed E-state index contributed by atoms with van der Waals surface area (Å²) in [6.45, 7) is 0.0694. The van der Waals surface area contributed by atoms with Crippen molar-refractivity contribution in [1.29, 1.82) is 0 Å². The van der Waals surface area contributed by atoms with Crippen LogP contribution in [0.15, 0.2) is 0 Å². The molecule has 0 aliphatic heterocycles. The Bertz CT molecular complexity index is 93.1. The lowest BCUT2D eigenvalue weighted by molar-refractivity contribution is -0.837. The molecule has 0 saturated carbocycles. The number of aliphatic carboxylic acids is 1. The lowest BCUT2D eigenvalue weighted by Gasteiger charge is -2.29. The van der Waals surface area contributed by atoms with E-state index in [0.717, 1.165) is 0 Å². The lowest BCUT2D eigenvalue weighted by Crippen LogP contribution is -2.37. The fourth-order valence-corrected chi connectivity index (χ4v) is 0.366. The van der Waals surface area contributed by atoms with Crippen LogP contribution in [-0.2, 0) is 4.79 Å². The summed E-state index contributed by atoms with van der Waals surface area (Å²) < 4.78 is 0.231. The maximum atomic E-state index is 9.96. The van der Waals surface area contributed by atoms with Crippen LogP contribution >= 0.6 is 0 Å². The molecule has 3 nitrogen and oxygen atoms in total. The van der Waals surface area contributed by atoms with Crippen molar-refractivity contribution in [2.45, 2.75) is 0 Å². The maximum Gasteiger partial charge on any atom is 0.356 e. The van der Waals surface area contributed by atoms with Gasteiger partial charge in [-0.3, -0.25) is 0 Å². The van der Waals surface area contributed by atoms with Crippen molar-refractivity contribution in [2.75, 3.05) is 20.6 Å². The number of hydrogen-bond acceptors (Lipinski definition) is 1. The molecule has 0 atom stereocenters. The zero-order valence-electron chi connectivity index (χ0n) is 5.22. The fraction of sp³-hybridized carbons (Fsp3) is 0.600. The van der Waals surface area contributed by atoms with Crippen LogP contribution in [0.4, 0.5) is 0 Å². The average Bonchev–Trinajstić information content (AvgIpc) is 1.21. The maximum absolute atomic E-state index is 9.96. The summed E-state index contributed by atoms with van der Waals surface area (Å²) in [6.07, 6.45) is 0. The van der Waals surface area contributed by atoms with Crippen LogP contribution in [0.2, 0.25) is 0 Å². The summed E-state index contributed by atoms with van der Waals surface area (Å²) in [7, 11) is 7.03. The van der Waals surface area contributed by atoms with Crippen LogP contribution in [0.5, 0.6) is 0 Å². The Morgan fingerprint density at radius 2 is 2.12 bits per heavy atom. The minimum Gasteiger partial charge on any atom is -0.477 e. The van der Waals surface area contributed by atoms with E-state index < -0.39 is 5.97 Å². The van der Waals surface area contributed by atoms with Crippen LogP contribution in [0.1, 0.15) is 0 Å². The highest BCUT2D eigenvalue weighted by atomic mass is 16.4. The molecular formula is C5H11NO2. The van der Waals surface area contributed by atoms with Crippen molar-refractivity contribution in [3.63, 3.8) is 0 Å². The van der Waals surface area contributed by atoms with Gasteiger partial charge < -0.3 is 9.59 Å². The van der Waals surface area contributed by atoms with Gasteiger partial charge in [0.1, 0.15) is 0 Å². The molecule has 0 heterocycles. The molecule has 0 aromatic rings. The molecule has 0 saturated heterocycles. The highest BCUT2D eigenvalue weighted by molar-refractivity contribution is 5.67. The lowest BCUT2D eigenvalue weighted by atomic mass is 10.5. The molecule has 48 valence electrons. The predicted octanol–water partition coefficient (Wildman–Crippen LogP) is -0.0610. The Morgan fingerprint density at radius 1 is 1.75 bits per heavy atom. The topological polar surface area (TPSA) is 37.3 Å². The number of likely N-dealkylation sites (N-methyl/N-ethyl adjacent to an activating group) is 1. The van der Waals surface area contributed by atoms with Crippen LogP contribution in [0.3, 0.4) is 0 Å². The fourth-order valence-electron chi connectivity index (χ4n) is 0.366. The van der Waals surface area contributed by atoms with Crippen molar-refractivity contribution in [2.24, 2.45) is 0 Å². The van der Waals surface area contributed by atoms with E-state index in [-0.39, 0.29) is 11.0 Å². The van der Waals surface area contributed by atoms with Gasteiger partial charge in [0.25, 0.3) is 0 Å². The van der Waals surface area contributed by atoms with Gasteiger partial charge in [0, 0.05) is 14.1 Å². The normalized spacial score (nSPS) is 11.4. The number of hydrogen-bond donors (Lipinski definition) is 1. The summed E-state index contributed by atoms with van der Waals surface area (Å²) in [6, 6.07) is 0. The van der Waals surface area contributed by atoms with Gasteiger partial charge >= 0.3 is 5.97 Å². The van der Waals surface area contributed by atoms with E-state index in [2.05, 4.69) is 7.05 Å². The van der Waals surface area contributed by atoms with E-state index in [1.807, 2.05) is 0 Å². The largest absolute Gasteiger partial charge is 0.477 e. The van der Waals surface area contributed by atoms with Gasteiger partial charge in [-0.25, -0.2) is 4.79 Å². The third-order valence-electron chi connectivity index (χ3n) is 0.563. The van der Waals surface area contributed by atoms with Gasteiger partial charge in [0.05, 0.1) is 0 Å². The van der Waals surface area contributed by atoms with Gasteiger partial charge in [-0.05, 0) is 0 Å². The first-order chi connectivity index (χ1) is 3.42. The van der Waals surface area contributed by atoms with Crippen molar-refractivity contribution in [3.05, 3.63) is 7.05 Å². The van der Waals surface area contributed by atoms with Gasteiger partial charge in [0.15, 0.2) is 6.54 Å². The highest BCUT2D eigenvalue weighted by Gasteiger charge is 2.05. The summed E-state index contributed by atoms with van der Waals surface area (Å²) in [5.41, 5.74) is 0. The van der Waals surface area contributed by atoms with Crippen molar-refractivity contribution < 1.29 is 14.4 Å². The zero-order valence-corrected chi connectivity index (χ0v) is 5.22.